The van der Waals surface area contributed by atoms with Gasteiger partial charge in [-0.25, -0.2) is 0 Å². The summed E-state index contributed by atoms with van der Waals surface area (Å²) in [6.45, 7) is 2.05. The summed E-state index contributed by atoms with van der Waals surface area (Å²) in [6.07, 6.45) is 3.24. The Hall–Kier alpha value is -2.94. The second-order valence-electron chi connectivity index (χ2n) is 5.47. The zero-order valence-corrected chi connectivity index (χ0v) is 12.9. The van der Waals surface area contributed by atoms with Crippen LogP contribution in [0.1, 0.15) is 33.1 Å². The smallest absolute Gasteiger partial charge is 0.253 e. The number of hydrogen-bond acceptors (Lipinski definition) is 2. The van der Waals surface area contributed by atoms with Gasteiger partial charge in [0, 0.05) is 12.4 Å². The first-order valence-electron chi connectivity index (χ1n) is 7.56. The van der Waals surface area contributed by atoms with Gasteiger partial charge in [0.2, 0.25) is 0 Å². The number of aryl methyl sites for hydroxylation is 1. The lowest BCUT2D eigenvalue weighted by atomic mass is 9.97. The van der Waals surface area contributed by atoms with Gasteiger partial charge in [-0.2, -0.15) is 0 Å². The van der Waals surface area contributed by atoms with E-state index in [9.17, 15) is 4.79 Å². The molecule has 0 aliphatic rings. The number of benzene rings is 2. The quantitative estimate of drug-likeness (QED) is 0.794. The first-order chi connectivity index (χ1) is 11.2. The van der Waals surface area contributed by atoms with Crippen molar-refractivity contribution in [3.63, 3.8) is 0 Å². The molecule has 1 heterocycles. The summed E-state index contributed by atoms with van der Waals surface area (Å²) >= 11 is 0. The van der Waals surface area contributed by atoms with Crippen molar-refractivity contribution < 1.29 is 4.79 Å². The van der Waals surface area contributed by atoms with Crippen LogP contribution in [0.5, 0.6) is 0 Å². The van der Waals surface area contributed by atoms with Crippen LogP contribution in [-0.4, -0.2) is 10.9 Å². The van der Waals surface area contributed by atoms with Crippen LogP contribution in [0.3, 0.4) is 0 Å². The third-order valence-electron chi connectivity index (χ3n) is 3.71. The van der Waals surface area contributed by atoms with Crippen LogP contribution in [0.4, 0.5) is 0 Å². The second-order valence-corrected chi connectivity index (χ2v) is 5.47. The van der Waals surface area contributed by atoms with Crippen molar-refractivity contribution in [1.82, 2.24) is 10.3 Å². The molecule has 0 unspecified atom stereocenters. The van der Waals surface area contributed by atoms with Gasteiger partial charge in [-0.05, 0) is 30.2 Å². The SMILES string of the molecule is Cc1cccc([C@@H](NC(=O)c2cccnc2)c2ccccc2)c1. The maximum Gasteiger partial charge on any atom is 0.253 e. The molecule has 0 radical (unpaired) electrons. The highest BCUT2D eigenvalue weighted by Crippen LogP contribution is 2.23. The van der Waals surface area contributed by atoms with Gasteiger partial charge in [-0.1, -0.05) is 60.2 Å². The first kappa shape index (κ1) is 15.0. The molecule has 0 saturated heterocycles. The molecule has 114 valence electrons. The van der Waals surface area contributed by atoms with E-state index in [4.69, 9.17) is 0 Å². The zero-order valence-electron chi connectivity index (χ0n) is 12.9. The maximum absolute atomic E-state index is 12.5. The maximum atomic E-state index is 12.5. The number of amides is 1. The van der Waals surface area contributed by atoms with Crippen molar-refractivity contribution >= 4 is 5.91 Å². The molecule has 3 nitrogen and oxygen atoms in total. The Labute approximate surface area is 136 Å². The largest absolute Gasteiger partial charge is 0.341 e. The molecule has 3 heteroatoms. The predicted molar refractivity (Wildman–Crippen MR) is 91.2 cm³/mol. The van der Waals surface area contributed by atoms with E-state index in [2.05, 4.69) is 29.4 Å². The number of carbonyl (C=O) groups excluding carboxylic acids is 1. The zero-order chi connectivity index (χ0) is 16.1. The van der Waals surface area contributed by atoms with Gasteiger partial charge in [-0.15, -0.1) is 0 Å². The van der Waals surface area contributed by atoms with Gasteiger partial charge in [0.05, 0.1) is 11.6 Å². The van der Waals surface area contributed by atoms with Crippen LogP contribution in [0, 0.1) is 6.92 Å². The number of hydrogen-bond donors (Lipinski definition) is 1. The van der Waals surface area contributed by atoms with Crippen LogP contribution in [0.2, 0.25) is 0 Å². The molecule has 1 atom stereocenters. The van der Waals surface area contributed by atoms with Crippen molar-refractivity contribution in [3.05, 3.63) is 101 Å². The molecule has 0 aliphatic carbocycles. The molecule has 0 bridgehead atoms. The Morgan fingerprint density at radius 1 is 0.957 bits per heavy atom. The Kier molecular flexibility index (Phi) is 4.48. The van der Waals surface area contributed by atoms with Gasteiger partial charge in [0.1, 0.15) is 0 Å². The average Bonchev–Trinajstić information content (AvgIpc) is 2.61. The molecule has 2 aromatic carbocycles. The van der Waals surface area contributed by atoms with E-state index in [-0.39, 0.29) is 11.9 Å². The summed E-state index contributed by atoms with van der Waals surface area (Å²) in [7, 11) is 0. The molecule has 3 aromatic rings. The lowest BCUT2D eigenvalue weighted by Crippen LogP contribution is -2.29. The summed E-state index contributed by atoms with van der Waals surface area (Å²) in [5, 5.41) is 3.11. The summed E-state index contributed by atoms with van der Waals surface area (Å²) in [6, 6.07) is 21.5. The number of nitrogens with one attached hydrogen (secondary N) is 1. The van der Waals surface area contributed by atoms with Crippen molar-refractivity contribution in [2.24, 2.45) is 0 Å². The van der Waals surface area contributed by atoms with E-state index in [1.165, 1.54) is 5.56 Å². The third kappa shape index (κ3) is 3.64. The number of pyridine rings is 1. The van der Waals surface area contributed by atoms with Crippen LogP contribution in [-0.2, 0) is 0 Å². The molecule has 0 fully saturated rings. The molecule has 1 N–H and O–H groups in total. The summed E-state index contributed by atoms with van der Waals surface area (Å²) in [5.41, 5.74) is 3.84. The minimum Gasteiger partial charge on any atom is -0.341 e. The highest BCUT2D eigenvalue weighted by atomic mass is 16.1. The van der Waals surface area contributed by atoms with Gasteiger partial charge < -0.3 is 5.32 Å². The Morgan fingerprint density at radius 3 is 2.43 bits per heavy atom. The number of rotatable bonds is 4. The lowest BCUT2D eigenvalue weighted by molar-refractivity contribution is 0.0942. The summed E-state index contributed by atoms with van der Waals surface area (Å²) < 4.78 is 0. The molecule has 1 amide bonds. The Bertz CT molecular complexity index is 785. The first-order valence-corrected chi connectivity index (χ1v) is 7.56. The minimum absolute atomic E-state index is 0.131. The molecular weight excluding hydrogens is 284 g/mol. The highest BCUT2D eigenvalue weighted by molar-refractivity contribution is 5.94. The van der Waals surface area contributed by atoms with Gasteiger partial charge >= 0.3 is 0 Å². The van der Waals surface area contributed by atoms with Crippen molar-refractivity contribution in [2.45, 2.75) is 13.0 Å². The summed E-state index contributed by atoms with van der Waals surface area (Å²) in [4.78, 5) is 16.5. The minimum atomic E-state index is -0.191. The van der Waals surface area contributed by atoms with Crippen molar-refractivity contribution in [2.75, 3.05) is 0 Å². The van der Waals surface area contributed by atoms with Crippen molar-refractivity contribution in [3.8, 4) is 0 Å². The molecule has 0 aliphatic heterocycles. The standard InChI is InChI=1S/C20H18N2O/c1-15-7-5-10-17(13-15)19(16-8-3-2-4-9-16)22-20(23)18-11-6-12-21-14-18/h2-14,19H,1H3,(H,22,23)/t19-/m0/s1. The van der Waals surface area contributed by atoms with Gasteiger partial charge in [-0.3, -0.25) is 9.78 Å². The van der Waals surface area contributed by atoms with Crippen LogP contribution >= 0.6 is 0 Å². The lowest BCUT2D eigenvalue weighted by Gasteiger charge is -2.20. The Morgan fingerprint density at radius 2 is 1.74 bits per heavy atom. The fraction of sp³-hybridized carbons (Fsp3) is 0.100. The van der Waals surface area contributed by atoms with Gasteiger partial charge in [0.15, 0.2) is 0 Å². The fourth-order valence-electron chi connectivity index (χ4n) is 2.57. The molecule has 23 heavy (non-hydrogen) atoms. The molecule has 0 saturated carbocycles. The number of carbonyl (C=O) groups is 1. The van der Waals surface area contributed by atoms with E-state index in [0.717, 1.165) is 11.1 Å². The van der Waals surface area contributed by atoms with Crippen LogP contribution < -0.4 is 5.32 Å². The highest BCUT2D eigenvalue weighted by Gasteiger charge is 2.17. The van der Waals surface area contributed by atoms with Gasteiger partial charge in [0.25, 0.3) is 5.91 Å². The molecule has 1 aromatic heterocycles. The monoisotopic (exact) mass is 302 g/mol. The topological polar surface area (TPSA) is 42.0 Å². The average molecular weight is 302 g/mol. The summed E-state index contributed by atoms with van der Waals surface area (Å²) in [5.74, 6) is -0.131. The Balaban J connectivity index is 1.94. The second kappa shape index (κ2) is 6.88. The number of nitrogens with zero attached hydrogens (tertiary/aromatic N) is 1. The van der Waals surface area contributed by atoms with E-state index in [1.807, 2.05) is 42.5 Å². The fourth-order valence-corrected chi connectivity index (χ4v) is 2.57. The predicted octanol–water partition coefficient (Wildman–Crippen LogP) is 3.91. The van der Waals surface area contributed by atoms with Crippen LogP contribution in [0.15, 0.2) is 79.1 Å². The normalized spacial score (nSPS) is 11.7. The van der Waals surface area contributed by atoms with E-state index in [0.29, 0.717) is 5.56 Å². The van der Waals surface area contributed by atoms with E-state index < -0.39 is 0 Å². The van der Waals surface area contributed by atoms with E-state index in [1.54, 1.807) is 24.5 Å². The molecule has 3 rings (SSSR count). The molecular formula is C20H18N2O. The van der Waals surface area contributed by atoms with Crippen molar-refractivity contribution in [1.29, 1.82) is 0 Å². The third-order valence-corrected chi connectivity index (χ3v) is 3.71. The number of aromatic nitrogens is 1. The van der Waals surface area contributed by atoms with Crippen LogP contribution in [0.25, 0.3) is 0 Å². The molecule has 0 spiro atoms. The van der Waals surface area contributed by atoms with E-state index >= 15 is 0 Å².